The molecule has 1 spiro atoms. The molecule has 2 fully saturated rings. The molecule has 0 saturated heterocycles. The summed E-state index contributed by atoms with van der Waals surface area (Å²) in [4.78, 5) is 0. The van der Waals surface area contributed by atoms with Gasteiger partial charge in [0.2, 0.25) is 0 Å². The van der Waals surface area contributed by atoms with E-state index in [9.17, 15) is 0 Å². The molecule has 1 N–H and O–H groups in total. The molecule has 2 aliphatic rings. The largest absolute Gasteiger partial charge is 0.492 e. The third-order valence-electron chi connectivity index (χ3n) is 5.27. The van der Waals surface area contributed by atoms with Gasteiger partial charge in [-0.15, -0.1) is 0 Å². The van der Waals surface area contributed by atoms with Crippen molar-refractivity contribution in [3.8, 4) is 5.75 Å². The van der Waals surface area contributed by atoms with Gasteiger partial charge >= 0.3 is 0 Å². The number of benzene rings is 1. The second-order valence-electron chi connectivity index (χ2n) is 6.63. The maximum atomic E-state index is 5.82. The highest BCUT2D eigenvalue weighted by Crippen LogP contribution is 2.51. The molecular formula is C18H27NO. The molecule has 1 unspecified atom stereocenters. The maximum absolute atomic E-state index is 5.82. The summed E-state index contributed by atoms with van der Waals surface area (Å²) >= 11 is 0. The van der Waals surface area contributed by atoms with Crippen molar-refractivity contribution in [2.75, 3.05) is 13.2 Å². The Morgan fingerprint density at radius 1 is 1.20 bits per heavy atom. The van der Waals surface area contributed by atoms with Gasteiger partial charge in [-0.05, 0) is 55.7 Å². The lowest BCUT2D eigenvalue weighted by Crippen LogP contribution is -2.55. The van der Waals surface area contributed by atoms with Crippen LogP contribution in [0.5, 0.6) is 5.75 Å². The summed E-state index contributed by atoms with van der Waals surface area (Å²) in [5.41, 5.74) is 1.91. The van der Waals surface area contributed by atoms with Gasteiger partial charge < -0.3 is 10.1 Å². The van der Waals surface area contributed by atoms with Crippen molar-refractivity contribution in [3.63, 3.8) is 0 Å². The van der Waals surface area contributed by atoms with E-state index in [0.717, 1.165) is 24.9 Å². The average Bonchev–Trinajstić information content (AvgIpc) is 2.47. The third kappa shape index (κ3) is 3.01. The zero-order valence-electron chi connectivity index (χ0n) is 12.7. The summed E-state index contributed by atoms with van der Waals surface area (Å²) in [7, 11) is 0. The third-order valence-corrected chi connectivity index (χ3v) is 5.27. The number of ether oxygens (including phenoxy) is 1. The number of hydrogen-bond acceptors (Lipinski definition) is 2. The molecule has 2 nitrogen and oxygen atoms in total. The summed E-state index contributed by atoms with van der Waals surface area (Å²) in [6.07, 6.45) is 10.0. The maximum Gasteiger partial charge on any atom is 0.119 e. The number of rotatable bonds is 5. The predicted octanol–water partition coefficient (Wildman–Crippen LogP) is 4.08. The normalized spacial score (nSPS) is 24.4. The lowest BCUT2D eigenvalue weighted by Gasteiger charge is -2.52. The molecule has 2 heteroatoms. The van der Waals surface area contributed by atoms with Gasteiger partial charge in [0.25, 0.3) is 0 Å². The first kappa shape index (κ1) is 13.9. The van der Waals surface area contributed by atoms with Gasteiger partial charge in [-0.25, -0.2) is 0 Å². The van der Waals surface area contributed by atoms with E-state index in [1.165, 1.54) is 50.5 Å². The quantitative estimate of drug-likeness (QED) is 0.816. The van der Waals surface area contributed by atoms with Crippen LogP contribution >= 0.6 is 0 Å². The highest BCUT2D eigenvalue weighted by atomic mass is 16.5. The van der Waals surface area contributed by atoms with Crippen LogP contribution in [0.15, 0.2) is 24.3 Å². The molecule has 0 heterocycles. The van der Waals surface area contributed by atoms with Crippen molar-refractivity contribution in [3.05, 3.63) is 29.8 Å². The topological polar surface area (TPSA) is 21.3 Å². The zero-order valence-corrected chi connectivity index (χ0v) is 12.7. The molecule has 3 rings (SSSR count). The van der Waals surface area contributed by atoms with Crippen molar-refractivity contribution in [2.24, 2.45) is 5.41 Å². The van der Waals surface area contributed by atoms with Crippen molar-refractivity contribution < 1.29 is 4.74 Å². The smallest absolute Gasteiger partial charge is 0.119 e. The summed E-state index contributed by atoms with van der Waals surface area (Å²) in [5, 5.41) is 3.74. The van der Waals surface area contributed by atoms with Crippen LogP contribution in [-0.4, -0.2) is 19.2 Å². The van der Waals surface area contributed by atoms with Crippen molar-refractivity contribution >= 4 is 0 Å². The number of nitrogens with one attached hydrogen (secondary N) is 1. The molecule has 1 aromatic rings. The average molecular weight is 273 g/mol. The highest BCUT2D eigenvalue weighted by molar-refractivity contribution is 5.27. The van der Waals surface area contributed by atoms with Crippen LogP contribution in [0.3, 0.4) is 0 Å². The fourth-order valence-electron chi connectivity index (χ4n) is 3.98. The van der Waals surface area contributed by atoms with Gasteiger partial charge in [-0.2, -0.15) is 0 Å². The first-order chi connectivity index (χ1) is 9.78. The van der Waals surface area contributed by atoms with Crippen LogP contribution in [0.2, 0.25) is 0 Å². The Labute approximate surface area is 122 Å². The van der Waals surface area contributed by atoms with Gasteiger partial charge in [0.15, 0.2) is 0 Å². The minimum Gasteiger partial charge on any atom is -0.492 e. The van der Waals surface area contributed by atoms with Gasteiger partial charge in [-0.3, -0.25) is 0 Å². The van der Waals surface area contributed by atoms with Gasteiger partial charge in [0, 0.05) is 12.6 Å². The molecule has 0 bridgehead atoms. The van der Waals surface area contributed by atoms with E-state index in [1.54, 1.807) is 0 Å². The summed E-state index contributed by atoms with van der Waals surface area (Å²) in [5.74, 6) is 0.993. The standard InChI is InChI=1S/C18H27NO/c1-15-6-5-7-16(14-15)20-13-12-19-17-8-11-18(17)9-3-2-4-10-18/h5-7,14,17,19H,2-4,8-13H2,1H3. The lowest BCUT2D eigenvalue weighted by molar-refractivity contribution is 0.0216. The van der Waals surface area contributed by atoms with Gasteiger partial charge in [0.1, 0.15) is 12.4 Å². The van der Waals surface area contributed by atoms with Crippen molar-refractivity contribution in [1.29, 1.82) is 0 Å². The summed E-state index contributed by atoms with van der Waals surface area (Å²) in [6, 6.07) is 9.06. The van der Waals surface area contributed by atoms with Crippen LogP contribution in [0.25, 0.3) is 0 Å². The molecule has 0 aliphatic heterocycles. The Morgan fingerprint density at radius 2 is 2.05 bits per heavy atom. The van der Waals surface area contributed by atoms with E-state index >= 15 is 0 Å². The molecule has 2 aliphatic carbocycles. The van der Waals surface area contributed by atoms with Crippen LogP contribution in [0.1, 0.15) is 50.5 Å². The Balaban J connectivity index is 1.40. The van der Waals surface area contributed by atoms with Gasteiger partial charge in [-0.1, -0.05) is 31.4 Å². The minimum absolute atomic E-state index is 0.654. The highest BCUT2D eigenvalue weighted by Gasteiger charge is 2.46. The second kappa shape index (κ2) is 6.17. The van der Waals surface area contributed by atoms with Crippen LogP contribution in [0, 0.1) is 12.3 Å². The molecule has 1 aromatic carbocycles. The van der Waals surface area contributed by atoms with Crippen LogP contribution < -0.4 is 10.1 Å². The fraction of sp³-hybridized carbons (Fsp3) is 0.667. The summed E-state index contributed by atoms with van der Waals surface area (Å²) < 4.78 is 5.82. The Kier molecular flexibility index (Phi) is 4.30. The SMILES string of the molecule is Cc1cccc(OCCNC2CCC23CCCCC3)c1. The molecule has 20 heavy (non-hydrogen) atoms. The molecule has 0 aromatic heterocycles. The fourth-order valence-corrected chi connectivity index (χ4v) is 3.98. The van der Waals surface area contributed by atoms with Crippen molar-refractivity contribution in [2.45, 2.75) is 57.9 Å². The minimum atomic E-state index is 0.654. The molecule has 2 saturated carbocycles. The molecule has 0 amide bonds. The lowest BCUT2D eigenvalue weighted by atomic mass is 9.57. The van der Waals surface area contributed by atoms with E-state index < -0.39 is 0 Å². The molecular weight excluding hydrogens is 246 g/mol. The second-order valence-corrected chi connectivity index (χ2v) is 6.63. The predicted molar refractivity (Wildman–Crippen MR) is 83.2 cm³/mol. The van der Waals surface area contributed by atoms with E-state index in [2.05, 4.69) is 30.4 Å². The molecule has 1 atom stereocenters. The first-order valence-corrected chi connectivity index (χ1v) is 8.21. The van der Waals surface area contributed by atoms with Crippen LogP contribution in [-0.2, 0) is 0 Å². The van der Waals surface area contributed by atoms with E-state index in [-0.39, 0.29) is 0 Å². The Bertz CT molecular complexity index is 437. The Hall–Kier alpha value is -1.02. The first-order valence-electron chi connectivity index (χ1n) is 8.21. The summed E-state index contributed by atoms with van der Waals surface area (Å²) in [6.45, 7) is 3.85. The number of aryl methyl sites for hydroxylation is 1. The van der Waals surface area contributed by atoms with E-state index in [4.69, 9.17) is 4.74 Å². The van der Waals surface area contributed by atoms with Crippen molar-refractivity contribution in [1.82, 2.24) is 5.32 Å². The molecule has 110 valence electrons. The van der Waals surface area contributed by atoms with Gasteiger partial charge in [0.05, 0.1) is 0 Å². The zero-order chi connectivity index (χ0) is 13.8. The number of hydrogen-bond donors (Lipinski definition) is 1. The Morgan fingerprint density at radius 3 is 2.75 bits per heavy atom. The monoisotopic (exact) mass is 273 g/mol. The molecule has 0 radical (unpaired) electrons. The van der Waals surface area contributed by atoms with E-state index in [0.29, 0.717) is 5.41 Å². The van der Waals surface area contributed by atoms with E-state index in [1.807, 2.05) is 6.07 Å². The van der Waals surface area contributed by atoms with Crippen LogP contribution in [0.4, 0.5) is 0 Å².